The molecule has 0 aromatic heterocycles. The van der Waals surface area contributed by atoms with E-state index in [1.807, 2.05) is 30.3 Å². The van der Waals surface area contributed by atoms with Gasteiger partial charge in [0.15, 0.2) is 6.61 Å². The molecule has 8 heteroatoms. The smallest absolute Gasteiger partial charge is 0.276 e. The Balaban J connectivity index is 1.29. The molecule has 0 saturated heterocycles. The largest absolute Gasteiger partial charge is 0.489 e. The maximum absolute atomic E-state index is 12.0. The minimum absolute atomic E-state index is 0.0188. The molecule has 170 valence electrons. The Kier molecular flexibility index (Phi) is 8.92. The van der Waals surface area contributed by atoms with Crippen molar-refractivity contribution in [2.75, 3.05) is 13.2 Å². The second-order valence-corrected chi connectivity index (χ2v) is 7.68. The maximum atomic E-state index is 12.0. The minimum Gasteiger partial charge on any atom is -0.489 e. The molecule has 2 aromatic rings. The highest BCUT2D eigenvalue weighted by Gasteiger charge is 2.21. The summed E-state index contributed by atoms with van der Waals surface area (Å²) >= 11 is 0. The van der Waals surface area contributed by atoms with E-state index in [2.05, 4.69) is 16.2 Å². The zero-order chi connectivity index (χ0) is 22.6. The lowest BCUT2D eigenvalue weighted by molar-refractivity contribution is -0.131. The molecule has 0 atom stereocenters. The molecule has 1 aliphatic rings. The van der Waals surface area contributed by atoms with Crippen LogP contribution in [0.1, 0.15) is 37.7 Å². The van der Waals surface area contributed by atoms with E-state index in [1.165, 1.54) is 0 Å². The zero-order valence-electron chi connectivity index (χ0n) is 18.0. The molecule has 8 nitrogen and oxygen atoms in total. The lowest BCUT2D eigenvalue weighted by atomic mass is 9.89. The molecular weight excluding hydrogens is 410 g/mol. The molecule has 3 rings (SSSR count). The van der Waals surface area contributed by atoms with Gasteiger partial charge in [0.1, 0.15) is 18.1 Å². The van der Waals surface area contributed by atoms with E-state index in [0.29, 0.717) is 18.1 Å². The fraction of sp³-hybridized carbons (Fsp3) is 0.375. The van der Waals surface area contributed by atoms with E-state index in [9.17, 15) is 14.4 Å². The molecule has 0 heterocycles. The van der Waals surface area contributed by atoms with E-state index in [4.69, 9.17) is 9.47 Å². The molecule has 32 heavy (non-hydrogen) atoms. The van der Waals surface area contributed by atoms with Crippen molar-refractivity contribution >= 4 is 17.7 Å². The summed E-state index contributed by atoms with van der Waals surface area (Å²) in [6, 6.07) is 16.7. The van der Waals surface area contributed by atoms with Gasteiger partial charge in [0, 0.05) is 5.92 Å². The number of nitrogens with one attached hydrogen (secondary N) is 3. The Hall–Kier alpha value is -3.55. The number of hydrogen-bond acceptors (Lipinski definition) is 5. The Morgan fingerprint density at radius 2 is 1.41 bits per heavy atom. The number of hydrazine groups is 1. The molecule has 2 aromatic carbocycles. The number of rotatable bonds is 9. The average Bonchev–Trinajstić information content (AvgIpc) is 2.85. The number of amides is 3. The third-order valence-electron chi connectivity index (χ3n) is 5.18. The van der Waals surface area contributed by atoms with Gasteiger partial charge in [-0.3, -0.25) is 25.2 Å². The first-order valence-electron chi connectivity index (χ1n) is 10.8. The molecule has 0 radical (unpaired) electrons. The van der Waals surface area contributed by atoms with Gasteiger partial charge in [-0.25, -0.2) is 0 Å². The number of hydrogen-bond donors (Lipinski definition) is 3. The summed E-state index contributed by atoms with van der Waals surface area (Å²) in [7, 11) is 0. The van der Waals surface area contributed by atoms with Crippen molar-refractivity contribution in [1.29, 1.82) is 0 Å². The summed E-state index contributed by atoms with van der Waals surface area (Å²) in [5.41, 5.74) is 5.60. The standard InChI is InChI=1S/C24H29N3O5/c28-22(15-25-24(30)19-9-5-2-6-10-19)26-27-23(29)17-32-21-13-11-20(12-14-21)31-16-18-7-3-1-4-8-18/h1,3-4,7-8,11-14,19H,2,5-6,9-10,15-17H2,(H,25,30)(H,26,28)(H,27,29). The third-order valence-corrected chi connectivity index (χ3v) is 5.18. The van der Waals surface area contributed by atoms with Crippen molar-refractivity contribution in [1.82, 2.24) is 16.2 Å². The van der Waals surface area contributed by atoms with Gasteiger partial charge in [-0.1, -0.05) is 49.6 Å². The summed E-state index contributed by atoms with van der Waals surface area (Å²) in [4.78, 5) is 35.7. The van der Waals surface area contributed by atoms with Crippen molar-refractivity contribution in [3.05, 3.63) is 60.2 Å². The van der Waals surface area contributed by atoms with Crippen molar-refractivity contribution < 1.29 is 23.9 Å². The van der Waals surface area contributed by atoms with Gasteiger partial charge in [0.25, 0.3) is 11.8 Å². The van der Waals surface area contributed by atoms with Crippen LogP contribution in [0.4, 0.5) is 0 Å². The number of benzene rings is 2. The van der Waals surface area contributed by atoms with Crippen LogP contribution in [0.25, 0.3) is 0 Å². The molecule has 1 aliphatic carbocycles. The monoisotopic (exact) mass is 439 g/mol. The van der Waals surface area contributed by atoms with Crippen LogP contribution < -0.4 is 25.6 Å². The van der Waals surface area contributed by atoms with Crippen molar-refractivity contribution in [2.45, 2.75) is 38.7 Å². The van der Waals surface area contributed by atoms with Crippen LogP contribution >= 0.6 is 0 Å². The van der Waals surface area contributed by atoms with Crippen LogP contribution in [0.5, 0.6) is 11.5 Å². The first-order valence-corrected chi connectivity index (χ1v) is 10.8. The molecule has 0 unspecified atom stereocenters. The van der Waals surface area contributed by atoms with Gasteiger partial charge in [0.2, 0.25) is 5.91 Å². The van der Waals surface area contributed by atoms with Gasteiger partial charge in [-0.05, 0) is 42.7 Å². The van der Waals surface area contributed by atoms with E-state index >= 15 is 0 Å². The molecule has 1 fully saturated rings. The fourth-order valence-electron chi connectivity index (χ4n) is 3.42. The summed E-state index contributed by atoms with van der Waals surface area (Å²) in [5.74, 6) is 0.0515. The Bertz CT molecular complexity index is 880. The summed E-state index contributed by atoms with van der Waals surface area (Å²) in [5, 5.41) is 2.61. The van der Waals surface area contributed by atoms with Gasteiger partial charge >= 0.3 is 0 Å². The van der Waals surface area contributed by atoms with E-state index < -0.39 is 11.8 Å². The molecule has 0 bridgehead atoms. The van der Waals surface area contributed by atoms with Crippen molar-refractivity contribution in [3.8, 4) is 11.5 Å². The van der Waals surface area contributed by atoms with E-state index in [0.717, 1.165) is 37.7 Å². The summed E-state index contributed by atoms with van der Waals surface area (Å²) < 4.78 is 11.1. The topological polar surface area (TPSA) is 106 Å². The molecule has 0 aliphatic heterocycles. The summed E-state index contributed by atoms with van der Waals surface area (Å²) in [6.07, 6.45) is 4.97. The predicted octanol–water partition coefficient (Wildman–Crippen LogP) is 2.49. The van der Waals surface area contributed by atoms with Crippen LogP contribution in [-0.4, -0.2) is 30.9 Å². The Morgan fingerprint density at radius 1 is 0.781 bits per heavy atom. The van der Waals surface area contributed by atoms with Crippen LogP contribution in [0, 0.1) is 5.92 Å². The molecular formula is C24H29N3O5. The van der Waals surface area contributed by atoms with Crippen LogP contribution in [-0.2, 0) is 21.0 Å². The van der Waals surface area contributed by atoms with Crippen LogP contribution in [0.3, 0.4) is 0 Å². The second-order valence-electron chi connectivity index (χ2n) is 7.68. The highest BCUT2D eigenvalue weighted by atomic mass is 16.5. The summed E-state index contributed by atoms with van der Waals surface area (Å²) in [6.45, 7) is 0.0180. The number of carbonyl (C=O) groups is 3. The Labute approximate surface area is 187 Å². The molecule has 0 spiro atoms. The molecule has 3 N–H and O–H groups in total. The molecule has 3 amide bonds. The minimum atomic E-state index is -0.513. The molecule has 1 saturated carbocycles. The normalized spacial score (nSPS) is 13.6. The van der Waals surface area contributed by atoms with Crippen LogP contribution in [0.15, 0.2) is 54.6 Å². The SMILES string of the molecule is O=C(CNC(=O)C1CCCCC1)NNC(=O)COc1ccc(OCc2ccccc2)cc1. The van der Waals surface area contributed by atoms with E-state index in [1.54, 1.807) is 24.3 Å². The predicted molar refractivity (Wildman–Crippen MR) is 119 cm³/mol. The maximum Gasteiger partial charge on any atom is 0.276 e. The zero-order valence-corrected chi connectivity index (χ0v) is 18.0. The van der Waals surface area contributed by atoms with Crippen molar-refractivity contribution in [3.63, 3.8) is 0 Å². The van der Waals surface area contributed by atoms with E-state index in [-0.39, 0.29) is 25.0 Å². The van der Waals surface area contributed by atoms with Crippen LogP contribution in [0.2, 0.25) is 0 Å². The highest BCUT2D eigenvalue weighted by molar-refractivity contribution is 5.87. The first-order chi connectivity index (χ1) is 15.6. The van der Waals surface area contributed by atoms with Gasteiger partial charge < -0.3 is 14.8 Å². The first kappa shape index (κ1) is 23.1. The van der Waals surface area contributed by atoms with Gasteiger partial charge in [-0.2, -0.15) is 0 Å². The number of ether oxygens (including phenoxy) is 2. The van der Waals surface area contributed by atoms with Gasteiger partial charge in [0.05, 0.1) is 6.54 Å². The lowest BCUT2D eigenvalue weighted by Gasteiger charge is -2.20. The second kappa shape index (κ2) is 12.3. The third kappa shape index (κ3) is 7.94. The fourth-order valence-corrected chi connectivity index (χ4v) is 3.42. The number of carbonyl (C=O) groups excluding carboxylic acids is 3. The van der Waals surface area contributed by atoms with Gasteiger partial charge in [-0.15, -0.1) is 0 Å². The quantitative estimate of drug-likeness (QED) is 0.521. The van der Waals surface area contributed by atoms with Crippen molar-refractivity contribution in [2.24, 2.45) is 5.92 Å². The highest BCUT2D eigenvalue weighted by Crippen LogP contribution is 2.23. The Morgan fingerprint density at radius 3 is 2.09 bits per heavy atom. The lowest BCUT2D eigenvalue weighted by Crippen LogP contribution is -2.48. The average molecular weight is 440 g/mol.